The molecule has 0 fully saturated rings. The lowest BCUT2D eigenvalue weighted by Crippen LogP contribution is -2.19. The van der Waals surface area contributed by atoms with E-state index in [0.717, 1.165) is 16.5 Å². The zero-order valence-corrected chi connectivity index (χ0v) is 12.9. The summed E-state index contributed by atoms with van der Waals surface area (Å²) in [6, 6.07) is 7.78. The van der Waals surface area contributed by atoms with Gasteiger partial charge in [-0.05, 0) is 24.6 Å². The van der Waals surface area contributed by atoms with Crippen molar-refractivity contribution in [3.8, 4) is 0 Å². The first-order valence-corrected chi connectivity index (χ1v) is 7.17. The van der Waals surface area contributed by atoms with Gasteiger partial charge >= 0.3 is 0 Å². The molecule has 0 atom stereocenters. The first-order chi connectivity index (χ1) is 11.1. The molecule has 0 saturated carbocycles. The van der Waals surface area contributed by atoms with E-state index in [-0.39, 0.29) is 5.69 Å². The van der Waals surface area contributed by atoms with E-state index in [1.165, 1.54) is 24.8 Å². The van der Waals surface area contributed by atoms with E-state index < -0.39 is 5.91 Å². The van der Waals surface area contributed by atoms with E-state index in [4.69, 9.17) is 11.6 Å². The van der Waals surface area contributed by atoms with Gasteiger partial charge in [0.2, 0.25) is 0 Å². The molecule has 6 nitrogen and oxygen atoms in total. The molecule has 2 aromatic heterocycles. The molecule has 2 heterocycles. The summed E-state index contributed by atoms with van der Waals surface area (Å²) in [4.78, 5) is 23.8. The number of halogens is 1. The highest BCUT2D eigenvalue weighted by Gasteiger charge is 2.06. The van der Waals surface area contributed by atoms with Gasteiger partial charge in [0.25, 0.3) is 5.91 Å². The maximum Gasteiger partial charge on any atom is 0.291 e. The molecular weight excluding hydrogens is 314 g/mol. The first kappa shape index (κ1) is 15.1. The molecular formula is C16H12ClN5O. The van der Waals surface area contributed by atoms with Crippen LogP contribution in [-0.2, 0) is 0 Å². The number of hydrogen-bond donors (Lipinski definition) is 1. The van der Waals surface area contributed by atoms with Gasteiger partial charge in [-0.1, -0.05) is 23.7 Å². The predicted octanol–water partition coefficient (Wildman–Crippen LogP) is 2.75. The van der Waals surface area contributed by atoms with Crippen molar-refractivity contribution in [2.75, 3.05) is 0 Å². The number of nitrogens with zero attached hydrogens (tertiary/aromatic N) is 4. The fourth-order valence-electron chi connectivity index (χ4n) is 1.99. The number of pyridine rings is 1. The van der Waals surface area contributed by atoms with Gasteiger partial charge in [0, 0.05) is 23.3 Å². The Morgan fingerprint density at radius 1 is 1.30 bits per heavy atom. The summed E-state index contributed by atoms with van der Waals surface area (Å²) in [5, 5.41) is 5.15. The third-order valence-electron chi connectivity index (χ3n) is 3.12. The number of rotatable bonds is 3. The highest BCUT2D eigenvalue weighted by molar-refractivity contribution is 6.32. The standard InChI is InChI=1S/C16H12ClN5O/c1-10-2-3-11-7-12(15(17)21-13(11)6-10)8-20-22-16(23)14-9-18-4-5-19-14/h2-9H,1H3,(H,22,23)/b20-8+. The Labute approximate surface area is 137 Å². The number of hydrazone groups is 1. The Morgan fingerprint density at radius 2 is 2.17 bits per heavy atom. The molecule has 0 unspecified atom stereocenters. The average molecular weight is 326 g/mol. The van der Waals surface area contributed by atoms with Crippen molar-refractivity contribution in [3.63, 3.8) is 0 Å². The van der Waals surface area contributed by atoms with Crippen LogP contribution in [0.15, 0.2) is 48.0 Å². The van der Waals surface area contributed by atoms with Crippen molar-refractivity contribution >= 4 is 34.6 Å². The van der Waals surface area contributed by atoms with Gasteiger partial charge in [0.05, 0.1) is 17.9 Å². The molecule has 0 aliphatic heterocycles. The maximum atomic E-state index is 11.8. The number of nitrogens with one attached hydrogen (secondary N) is 1. The summed E-state index contributed by atoms with van der Waals surface area (Å²) in [5.41, 5.74) is 5.10. The summed E-state index contributed by atoms with van der Waals surface area (Å²) in [7, 11) is 0. The summed E-state index contributed by atoms with van der Waals surface area (Å²) < 4.78 is 0. The number of fused-ring (bicyclic) bond motifs is 1. The van der Waals surface area contributed by atoms with Crippen LogP contribution in [0.3, 0.4) is 0 Å². The van der Waals surface area contributed by atoms with Crippen molar-refractivity contribution in [1.82, 2.24) is 20.4 Å². The smallest absolute Gasteiger partial charge is 0.265 e. The van der Waals surface area contributed by atoms with Crippen LogP contribution in [0.25, 0.3) is 10.9 Å². The van der Waals surface area contributed by atoms with Crippen molar-refractivity contribution in [2.45, 2.75) is 6.92 Å². The minimum absolute atomic E-state index is 0.183. The Kier molecular flexibility index (Phi) is 4.25. The second kappa shape index (κ2) is 6.50. The van der Waals surface area contributed by atoms with Crippen LogP contribution >= 0.6 is 11.6 Å². The minimum Gasteiger partial charge on any atom is -0.265 e. The molecule has 1 amide bonds. The van der Waals surface area contributed by atoms with Gasteiger partial charge in [-0.3, -0.25) is 9.78 Å². The molecule has 114 valence electrons. The van der Waals surface area contributed by atoms with E-state index in [9.17, 15) is 4.79 Å². The Bertz CT molecular complexity index is 896. The molecule has 23 heavy (non-hydrogen) atoms. The number of carbonyl (C=O) groups excluding carboxylic acids is 1. The van der Waals surface area contributed by atoms with Gasteiger partial charge in [0.1, 0.15) is 10.8 Å². The Balaban J connectivity index is 1.79. The topological polar surface area (TPSA) is 80.1 Å². The lowest BCUT2D eigenvalue weighted by molar-refractivity contribution is 0.0949. The summed E-state index contributed by atoms with van der Waals surface area (Å²) in [6.45, 7) is 1.99. The first-order valence-electron chi connectivity index (χ1n) is 6.80. The molecule has 0 aliphatic rings. The molecule has 1 aromatic carbocycles. The average Bonchev–Trinajstić information content (AvgIpc) is 2.56. The molecule has 0 spiro atoms. The molecule has 1 N–H and O–H groups in total. The number of carbonyl (C=O) groups is 1. The van der Waals surface area contributed by atoms with E-state index in [0.29, 0.717) is 10.7 Å². The van der Waals surface area contributed by atoms with Crippen molar-refractivity contribution < 1.29 is 4.79 Å². The SMILES string of the molecule is Cc1ccc2cc(/C=N/NC(=O)c3cnccn3)c(Cl)nc2c1. The van der Waals surface area contributed by atoms with E-state index in [1.807, 2.05) is 31.2 Å². The van der Waals surface area contributed by atoms with E-state index >= 15 is 0 Å². The van der Waals surface area contributed by atoms with Crippen LogP contribution in [0.4, 0.5) is 0 Å². The van der Waals surface area contributed by atoms with Crippen molar-refractivity contribution in [2.24, 2.45) is 5.10 Å². The molecule has 7 heteroatoms. The largest absolute Gasteiger partial charge is 0.291 e. The zero-order chi connectivity index (χ0) is 16.2. The number of hydrogen-bond acceptors (Lipinski definition) is 5. The monoisotopic (exact) mass is 325 g/mol. The number of aromatic nitrogens is 3. The van der Waals surface area contributed by atoms with Crippen LogP contribution in [-0.4, -0.2) is 27.1 Å². The Morgan fingerprint density at radius 3 is 2.96 bits per heavy atom. The lowest BCUT2D eigenvalue weighted by Gasteiger charge is -2.03. The maximum absolute atomic E-state index is 11.8. The zero-order valence-electron chi connectivity index (χ0n) is 12.2. The van der Waals surface area contributed by atoms with Gasteiger partial charge in [-0.15, -0.1) is 0 Å². The van der Waals surface area contributed by atoms with E-state index in [2.05, 4.69) is 25.5 Å². The molecule has 0 aliphatic carbocycles. The van der Waals surface area contributed by atoms with Gasteiger partial charge < -0.3 is 0 Å². The second-order valence-electron chi connectivity index (χ2n) is 4.85. The Hall–Kier alpha value is -2.86. The lowest BCUT2D eigenvalue weighted by atomic mass is 10.1. The normalized spacial score (nSPS) is 11.0. The van der Waals surface area contributed by atoms with Crippen LogP contribution in [0.1, 0.15) is 21.6 Å². The molecule has 0 bridgehead atoms. The number of amides is 1. The third-order valence-corrected chi connectivity index (χ3v) is 3.42. The van der Waals surface area contributed by atoms with Crippen LogP contribution in [0.5, 0.6) is 0 Å². The second-order valence-corrected chi connectivity index (χ2v) is 5.21. The predicted molar refractivity (Wildman–Crippen MR) is 88.6 cm³/mol. The minimum atomic E-state index is -0.449. The highest BCUT2D eigenvalue weighted by atomic mass is 35.5. The van der Waals surface area contributed by atoms with Gasteiger partial charge in [0.15, 0.2) is 0 Å². The van der Waals surface area contributed by atoms with Crippen LogP contribution in [0, 0.1) is 6.92 Å². The van der Waals surface area contributed by atoms with Gasteiger partial charge in [-0.2, -0.15) is 5.10 Å². The summed E-state index contributed by atoms with van der Waals surface area (Å²) in [6.07, 6.45) is 5.73. The highest BCUT2D eigenvalue weighted by Crippen LogP contribution is 2.20. The third kappa shape index (κ3) is 3.49. The van der Waals surface area contributed by atoms with Gasteiger partial charge in [-0.25, -0.2) is 15.4 Å². The number of benzene rings is 1. The van der Waals surface area contributed by atoms with Crippen molar-refractivity contribution in [1.29, 1.82) is 0 Å². The fraction of sp³-hybridized carbons (Fsp3) is 0.0625. The fourth-order valence-corrected chi connectivity index (χ4v) is 2.19. The molecule has 0 saturated heterocycles. The summed E-state index contributed by atoms with van der Waals surface area (Å²) >= 11 is 6.15. The molecule has 3 aromatic rings. The number of aryl methyl sites for hydroxylation is 1. The molecule has 0 radical (unpaired) electrons. The quantitative estimate of drug-likeness (QED) is 0.456. The van der Waals surface area contributed by atoms with E-state index in [1.54, 1.807) is 0 Å². The van der Waals surface area contributed by atoms with Crippen molar-refractivity contribution in [3.05, 3.63) is 64.8 Å². The van der Waals surface area contributed by atoms with Crippen LogP contribution in [0.2, 0.25) is 5.15 Å². The molecule has 3 rings (SSSR count). The van der Waals surface area contributed by atoms with Crippen LogP contribution < -0.4 is 5.43 Å². The summed E-state index contributed by atoms with van der Waals surface area (Å²) in [5.74, 6) is -0.449.